The molecular weight excluding hydrogens is 380 g/mol. The number of carbonyl (C=O) groups excluding carboxylic acids is 1. The number of amides is 2. The Morgan fingerprint density at radius 2 is 1.93 bits per heavy atom. The van der Waals surface area contributed by atoms with Gasteiger partial charge in [0.15, 0.2) is 5.82 Å². The van der Waals surface area contributed by atoms with Crippen molar-refractivity contribution in [1.82, 2.24) is 14.9 Å². The third-order valence-corrected chi connectivity index (χ3v) is 4.77. The molecule has 1 aromatic carbocycles. The van der Waals surface area contributed by atoms with Crippen LogP contribution >= 0.6 is 11.6 Å². The van der Waals surface area contributed by atoms with Crippen LogP contribution in [0.5, 0.6) is 5.75 Å². The van der Waals surface area contributed by atoms with E-state index >= 15 is 0 Å². The van der Waals surface area contributed by atoms with Crippen LogP contribution in [0.25, 0.3) is 0 Å². The van der Waals surface area contributed by atoms with E-state index in [0.29, 0.717) is 55.8 Å². The van der Waals surface area contributed by atoms with Crippen molar-refractivity contribution in [3.63, 3.8) is 0 Å². The molecule has 142 valence electrons. The smallest absolute Gasteiger partial charge is 0.324 e. The number of ether oxygens (including phenoxy) is 1. The van der Waals surface area contributed by atoms with Gasteiger partial charge in [-0.3, -0.25) is 4.90 Å². The molecule has 2 aromatic rings. The topological polar surface area (TPSA) is 61.8 Å². The van der Waals surface area contributed by atoms with Gasteiger partial charge in [0, 0.05) is 37.3 Å². The van der Waals surface area contributed by atoms with Gasteiger partial charge in [0.2, 0.25) is 5.95 Å². The summed E-state index contributed by atoms with van der Waals surface area (Å²) in [6.07, 6.45) is 0.811. The Bertz CT molecular complexity index is 876. The first-order chi connectivity index (χ1) is 13.0. The Morgan fingerprint density at radius 1 is 1.15 bits per heavy atom. The largest absolute Gasteiger partial charge is 0.489 e. The van der Waals surface area contributed by atoms with Crippen LogP contribution in [0, 0.1) is 11.8 Å². The average molecular weight is 396 g/mol. The molecule has 27 heavy (non-hydrogen) atoms. The summed E-state index contributed by atoms with van der Waals surface area (Å²) in [5, 5.41) is 0.545. The molecule has 2 aliphatic heterocycles. The quantitative estimate of drug-likeness (QED) is 0.694. The Balaban J connectivity index is 1.44. The maximum atomic E-state index is 13.3. The Hall–Kier alpha value is -2.68. The average Bonchev–Trinajstić information content (AvgIpc) is 2.69. The number of hydrogen-bond donors (Lipinski definition) is 0. The number of hydrogen-bond acceptors (Lipinski definition) is 5. The van der Waals surface area contributed by atoms with Crippen molar-refractivity contribution >= 4 is 29.3 Å². The number of rotatable bonds is 1. The van der Waals surface area contributed by atoms with Gasteiger partial charge < -0.3 is 14.5 Å². The molecule has 0 unspecified atom stereocenters. The van der Waals surface area contributed by atoms with Crippen molar-refractivity contribution in [3.05, 3.63) is 41.2 Å². The molecule has 2 aliphatic rings. The molecule has 0 bridgehead atoms. The number of fused-ring (bicyclic) bond motifs is 1. The fraction of sp³-hybridized carbons (Fsp3) is 0.353. The second-order valence-corrected chi connectivity index (χ2v) is 6.61. The summed E-state index contributed by atoms with van der Waals surface area (Å²) in [5.41, 5.74) is 0.682. The zero-order valence-corrected chi connectivity index (χ0v) is 15.0. The van der Waals surface area contributed by atoms with E-state index in [1.807, 2.05) is 0 Å². The molecule has 1 saturated heterocycles. The molecule has 0 aliphatic carbocycles. The number of benzene rings is 1. The zero-order valence-electron chi connectivity index (χ0n) is 14.2. The first-order valence-electron chi connectivity index (χ1n) is 8.45. The van der Waals surface area contributed by atoms with Crippen LogP contribution in [0.15, 0.2) is 24.4 Å². The van der Waals surface area contributed by atoms with E-state index in [-0.39, 0.29) is 12.0 Å². The molecule has 2 amide bonds. The first kappa shape index (κ1) is 17.7. The second kappa shape index (κ2) is 7.15. The third-order valence-electron chi connectivity index (χ3n) is 4.54. The number of aromatic nitrogens is 2. The number of piperazine rings is 1. The van der Waals surface area contributed by atoms with Crippen LogP contribution in [-0.4, -0.2) is 60.2 Å². The van der Waals surface area contributed by atoms with E-state index in [1.165, 1.54) is 0 Å². The lowest BCUT2D eigenvalue weighted by atomic mass is 10.2. The first-order valence-corrected chi connectivity index (χ1v) is 8.82. The number of carbonyl (C=O) groups is 1. The summed E-state index contributed by atoms with van der Waals surface area (Å²) in [4.78, 5) is 25.4. The van der Waals surface area contributed by atoms with Crippen molar-refractivity contribution in [2.75, 3.05) is 49.1 Å². The van der Waals surface area contributed by atoms with Crippen molar-refractivity contribution in [3.8, 4) is 5.75 Å². The van der Waals surface area contributed by atoms with Crippen LogP contribution in [0.2, 0.25) is 5.02 Å². The molecule has 1 aromatic heterocycles. The molecule has 0 spiro atoms. The predicted octanol–water partition coefficient (Wildman–Crippen LogP) is 2.55. The van der Waals surface area contributed by atoms with E-state index in [9.17, 15) is 13.6 Å². The maximum absolute atomic E-state index is 13.3. The summed E-state index contributed by atoms with van der Waals surface area (Å²) in [5.74, 6) is -1.57. The minimum atomic E-state index is -1.18. The van der Waals surface area contributed by atoms with Crippen molar-refractivity contribution < 1.29 is 18.3 Å². The summed E-state index contributed by atoms with van der Waals surface area (Å²) >= 11 is 5.99. The summed E-state index contributed by atoms with van der Waals surface area (Å²) in [7, 11) is 0. The van der Waals surface area contributed by atoms with Crippen LogP contribution in [0.1, 0.15) is 0 Å². The van der Waals surface area contributed by atoms with Crippen molar-refractivity contribution in [1.29, 1.82) is 0 Å². The van der Waals surface area contributed by atoms with E-state index < -0.39 is 11.8 Å². The standard InChI is InChI=1S/C17H16ClF2N5O2/c18-11-1-2-13-14(9-11)27-8-7-25(13)17(26)24-5-3-23(4-6-24)16-21-10-12(19)15(20)22-16/h1-2,9-10H,3-8H2. The van der Waals surface area contributed by atoms with E-state index in [0.717, 1.165) is 6.20 Å². The fourth-order valence-corrected chi connectivity index (χ4v) is 3.31. The normalized spacial score (nSPS) is 16.8. The minimum Gasteiger partial charge on any atom is -0.489 e. The van der Waals surface area contributed by atoms with Gasteiger partial charge in [0.05, 0.1) is 18.4 Å². The highest BCUT2D eigenvalue weighted by Gasteiger charge is 2.30. The molecule has 4 rings (SSSR count). The molecule has 0 radical (unpaired) electrons. The van der Waals surface area contributed by atoms with Crippen LogP contribution in [0.3, 0.4) is 0 Å². The van der Waals surface area contributed by atoms with E-state index in [2.05, 4.69) is 9.97 Å². The highest BCUT2D eigenvalue weighted by Crippen LogP contribution is 2.34. The van der Waals surface area contributed by atoms with Gasteiger partial charge in [0.1, 0.15) is 12.4 Å². The Kier molecular flexibility index (Phi) is 4.69. The van der Waals surface area contributed by atoms with Crippen molar-refractivity contribution in [2.24, 2.45) is 0 Å². The van der Waals surface area contributed by atoms with E-state index in [4.69, 9.17) is 16.3 Å². The van der Waals surface area contributed by atoms with Gasteiger partial charge in [-0.15, -0.1) is 0 Å². The lowest BCUT2D eigenvalue weighted by Crippen LogP contribution is -2.54. The van der Waals surface area contributed by atoms with Crippen LogP contribution in [-0.2, 0) is 0 Å². The summed E-state index contributed by atoms with van der Waals surface area (Å²) < 4.78 is 31.9. The highest BCUT2D eigenvalue weighted by atomic mass is 35.5. The molecule has 0 atom stereocenters. The monoisotopic (exact) mass is 395 g/mol. The predicted molar refractivity (Wildman–Crippen MR) is 95.4 cm³/mol. The lowest BCUT2D eigenvalue weighted by molar-refractivity contribution is 0.196. The molecule has 7 nitrogen and oxygen atoms in total. The van der Waals surface area contributed by atoms with Gasteiger partial charge in [-0.25, -0.2) is 14.2 Å². The van der Waals surface area contributed by atoms with E-state index in [1.54, 1.807) is 32.9 Å². The van der Waals surface area contributed by atoms with Crippen LogP contribution in [0.4, 0.5) is 25.2 Å². The Labute approximate surface area is 159 Å². The zero-order chi connectivity index (χ0) is 19.0. The maximum Gasteiger partial charge on any atom is 0.324 e. The summed E-state index contributed by atoms with van der Waals surface area (Å²) in [6.45, 7) is 2.52. The third kappa shape index (κ3) is 3.46. The molecule has 3 heterocycles. The van der Waals surface area contributed by atoms with Gasteiger partial charge in [0.25, 0.3) is 5.95 Å². The Morgan fingerprint density at radius 3 is 2.67 bits per heavy atom. The number of urea groups is 1. The SMILES string of the molecule is O=C(N1CCN(c2ncc(F)c(F)n2)CC1)N1CCOc2cc(Cl)ccc21. The molecule has 1 fully saturated rings. The minimum absolute atomic E-state index is 0.118. The molecule has 0 N–H and O–H groups in total. The summed E-state index contributed by atoms with van der Waals surface area (Å²) in [6, 6.07) is 5.04. The second-order valence-electron chi connectivity index (χ2n) is 6.18. The molecule has 0 saturated carbocycles. The van der Waals surface area contributed by atoms with Gasteiger partial charge in [-0.2, -0.15) is 9.37 Å². The lowest BCUT2D eigenvalue weighted by Gasteiger charge is -2.38. The van der Waals surface area contributed by atoms with Crippen LogP contribution < -0.4 is 14.5 Å². The number of anilines is 2. The number of nitrogens with zero attached hydrogens (tertiary/aromatic N) is 5. The molecular formula is C17H16ClF2N5O2. The van der Waals surface area contributed by atoms with Gasteiger partial charge in [-0.1, -0.05) is 11.6 Å². The highest BCUT2D eigenvalue weighted by molar-refractivity contribution is 6.30. The fourth-order valence-electron chi connectivity index (χ4n) is 3.15. The molecule has 10 heteroatoms. The number of halogens is 3. The van der Waals surface area contributed by atoms with Gasteiger partial charge >= 0.3 is 6.03 Å². The van der Waals surface area contributed by atoms with Gasteiger partial charge in [-0.05, 0) is 12.1 Å². The van der Waals surface area contributed by atoms with Crippen molar-refractivity contribution in [2.45, 2.75) is 0 Å².